The monoisotopic (exact) mass is 356 g/mol. The third kappa shape index (κ3) is 6.89. The van der Waals surface area contributed by atoms with Crippen molar-refractivity contribution >= 4 is 5.69 Å². The first-order valence-corrected chi connectivity index (χ1v) is 8.87. The van der Waals surface area contributed by atoms with Crippen molar-refractivity contribution in [2.45, 2.75) is 39.8 Å². The average Bonchev–Trinajstić information content (AvgIpc) is 2.57. The summed E-state index contributed by atoms with van der Waals surface area (Å²) in [6.45, 7) is 10.2. The van der Waals surface area contributed by atoms with E-state index < -0.39 is 0 Å². The molecule has 0 aliphatic carbocycles. The van der Waals surface area contributed by atoms with E-state index in [0.29, 0.717) is 6.61 Å². The first-order valence-electron chi connectivity index (χ1n) is 8.87. The van der Waals surface area contributed by atoms with Crippen molar-refractivity contribution < 1.29 is 9.13 Å². The zero-order valence-corrected chi connectivity index (χ0v) is 16.1. The van der Waals surface area contributed by atoms with Gasteiger partial charge in [-0.1, -0.05) is 23.8 Å². The van der Waals surface area contributed by atoms with Crippen LogP contribution in [0.4, 0.5) is 10.1 Å². The van der Waals surface area contributed by atoms with Gasteiger partial charge in [0, 0.05) is 24.3 Å². The van der Waals surface area contributed by atoms with Crippen LogP contribution < -0.4 is 15.4 Å². The summed E-state index contributed by atoms with van der Waals surface area (Å²) in [7, 11) is 0. The standard InChI is InChI=1S/C22H29FN2O/c1-17(2)13-14-25(16-22(3,4)24)20-9-11-21(12-10-20)26-15-18-5-7-19(23)8-6-18/h5-13H,14-16,24H2,1-4H3. The molecule has 0 aromatic heterocycles. The Kier molecular flexibility index (Phi) is 6.81. The molecule has 4 heteroatoms. The van der Waals surface area contributed by atoms with Gasteiger partial charge in [-0.25, -0.2) is 4.39 Å². The highest BCUT2D eigenvalue weighted by Gasteiger charge is 2.16. The molecule has 26 heavy (non-hydrogen) atoms. The quantitative estimate of drug-likeness (QED) is 0.683. The van der Waals surface area contributed by atoms with E-state index in [2.05, 4.69) is 24.8 Å². The number of halogens is 1. The summed E-state index contributed by atoms with van der Waals surface area (Å²) >= 11 is 0. The van der Waals surface area contributed by atoms with Crippen molar-refractivity contribution in [2.75, 3.05) is 18.0 Å². The number of benzene rings is 2. The van der Waals surface area contributed by atoms with E-state index in [-0.39, 0.29) is 11.4 Å². The number of allylic oxidation sites excluding steroid dienone is 1. The van der Waals surface area contributed by atoms with Crippen molar-refractivity contribution in [1.82, 2.24) is 0 Å². The molecule has 0 radical (unpaired) electrons. The Morgan fingerprint density at radius 3 is 2.23 bits per heavy atom. The van der Waals surface area contributed by atoms with Crippen molar-refractivity contribution in [2.24, 2.45) is 5.73 Å². The fourth-order valence-electron chi connectivity index (χ4n) is 2.55. The normalized spacial score (nSPS) is 11.2. The van der Waals surface area contributed by atoms with Crippen molar-refractivity contribution in [3.63, 3.8) is 0 Å². The number of hydrogen-bond donors (Lipinski definition) is 1. The molecular formula is C22H29FN2O. The van der Waals surface area contributed by atoms with Crippen LogP contribution in [0.3, 0.4) is 0 Å². The highest BCUT2D eigenvalue weighted by atomic mass is 19.1. The minimum Gasteiger partial charge on any atom is -0.489 e. The molecule has 0 bridgehead atoms. The largest absolute Gasteiger partial charge is 0.489 e. The SMILES string of the molecule is CC(C)=CCN(CC(C)(C)N)c1ccc(OCc2ccc(F)cc2)cc1. The highest BCUT2D eigenvalue weighted by molar-refractivity contribution is 5.50. The molecule has 0 aliphatic heterocycles. The van der Waals surface area contributed by atoms with Crippen LogP contribution in [0.15, 0.2) is 60.2 Å². The van der Waals surface area contributed by atoms with Crippen LogP contribution in [0.2, 0.25) is 0 Å². The van der Waals surface area contributed by atoms with Gasteiger partial charge in [-0.2, -0.15) is 0 Å². The Morgan fingerprint density at radius 1 is 1.08 bits per heavy atom. The summed E-state index contributed by atoms with van der Waals surface area (Å²) in [6, 6.07) is 14.3. The van der Waals surface area contributed by atoms with E-state index in [9.17, 15) is 4.39 Å². The van der Waals surface area contributed by atoms with Gasteiger partial charge in [-0.3, -0.25) is 0 Å². The van der Waals surface area contributed by atoms with Crippen LogP contribution >= 0.6 is 0 Å². The van der Waals surface area contributed by atoms with E-state index >= 15 is 0 Å². The van der Waals surface area contributed by atoms with Crippen LogP contribution in [-0.2, 0) is 6.61 Å². The first kappa shape index (κ1) is 20.0. The number of rotatable bonds is 8. The molecule has 0 aliphatic rings. The van der Waals surface area contributed by atoms with Gasteiger partial charge in [0.15, 0.2) is 0 Å². The average molecular weight is 356 g/mol. The molecule has 3 nitrogen and oxygen atoms in total. The van der Waals surface area contributed by atoms with Gasteiger partial charge >= 0.3 is 0 Å². The molecule has 0 fully saturated rings. The van der Waals surface area contributed by atoms with Crippen LogP contribution in [-0.4, -0.2) is 18.6 Å². The van der Waals surface area contributed by atoms with Crippen molar-refractivity contribution in [3.05, 3.63) is 71.6 Å². The van der Waals surface area contributed by atoms with Gasteiger partial charge < -0.3 is 15.4 Å². The van der Waals surface area contributed by atoms with Gasteiger partial charge in [0.25, 0.3) is 0 Å². The second-order valence-electron chi connectivity index (χ2n) is 7.56. The van der Waals surface area contributed by atoms with E-state index in [1.165, 1.54) is 17.7 Å². The topological polar surface area (TPSA) is 38.5 Å². The molecule has 2 aromatic carbocycles. The summed E-state index contributed by atoms with van der Waals surface area (Å²) in [5.74, 6) is 0.546. The maximum Gasteiger partial charge on any atom is 0.123 e. The molecule has 0 unspecified atom stereocenters. The molecule has 2 rings (SSSR count). The van der Waals surface area contributed by atoms with Crippen molar-refractivity contribution in [3.8, 4) is 5.75 Å². The van der Waals surface area contributed by atoms with E-state index in [0.717, 1.165) is 30.1 Å². The van der Waals surface area contributed by atoms with Crippen LogP contribution in [0.1, 0.15) is 33.3 Å². The lowest BCUT2D eigenvalue weighted by molar-refractivity contribution is 0.306. The first-order chi connectivity index (χ1) is 12.2. The maximum absolute atomic E-state index is 12.9. The molecule has 0 spiro atoms. The molecule has 2 N–H and O–H groups in total. The fourth-order valence-corrected chi connectivity index (χ4v) is 2.55. The summed E-state index contributed by atoms with van der Waals surface area (Å²) in [4.78, 5) is 2.26. The minimum absolute atomic E-state index is 0.239. The summed E-state index contributed by atoms with van der Waals surface area (Å²) in [5, 5.41) is 0. The molecule has 2 aromatic rings. The lowest BCUT2D eigenvalue weighted by Crippen LogP contribution is -2.45. The molecule has 0 heterocycles. The number of hydrogen-bond acceptors (Lipinski definition) is 3. The molecule has 140 valence electrons. The van der Waals surface area contributed by atoms with Gasteiger partial charge in [-0.05, 0) is 69.7 Å². The highest BCUT2D eigenvalue weighted by Crippen LogP contribution is 2.22. The second-order valence-corrected chi connectivity index (χ2v) is 7.56. The number of nitrogens with zero attached hydrogens (tertiary/aromatic N) is 1. The smallest absolute Gasteiger partial charge is 0.123 e. The van der Waals surface area contributed by atoms with Crippen LogP contribution in [0.25, 0.3) is 0 Å². The lowest BCUT2D eigenvalue weighted by atomic mass is 10.1. The van der Waals surface area contributed by atoms with Crippen LogP contribution in [0.5, 0.6) is 5.75 Å². The van der Waals surface area contributed by atoms with Gasteiger partial charge in [0.1, 0.15) is 18.2 Å². The van der Waals surface area contributed by atoms with E-state index in [4.69, 9.17) is 10.5 Å². The number of anilines is 1. The Bertz CT molecular complexity index is 711. The number of nitrogens with two attached hydrogens (primary N) is 1. The number of ether oxygens (including phenoxy) is 1. The minimum atomic E-state index is -0.284. The van der Waals surface area contributed by atoms with Crippen molar-refractivity contribution in [1.29, 1.82) is 0 Å². The molecule has 0 saturated carbocycles. The lowest BCUT2D eigenvalue weighted by Gasteiger charge is -2.31. The third-order valence-corrected chi connectivity index (χ3v) is 3.84. The second kappa shape index (κ2) is 8.86. The Hall–Kier alpha value is -2.33. The fraction of sp³-hybridized carbons (Fsp3) is 0.364. The van der Waals surface area contributed by atoms with Gasteiger partial charge in [0.05, 0.1) is 0 Å². The predicted octanol–water partition coefficient (Wildman–Crippen LogP) is 4.91. The van der Waals surface area contributed by atoms with Gasteiger partial charge in [0.2, 0.25) is 0 Å². The van der Waals surface area contributed by atoms with Gasteiger partial charge in [-0.15, -0.1) is 0 Å². The Labute approximate surface area is 156 Å². The maximum atomic E-state index is 12.9. The molecule has 0 amide bonds. The van der Waals surface area contributed by atoms with E-state index in [1.807, 2.05) is 38.1 Å². The van der Waals surface area contributed by atoms with E-state index in [1.54, 1.807) is 12.1 Å². The zero-order valence-electron chi connectivity index (χ0n) is 16.1. The third-order valence-electron chi connectivity index (χ3n) is 3.84. The Morgan fingerprint density at radius 2 is 1.69 bits per heavy atom. The zero-order chi connectivity index (χ0) is 19.2. The summed E-state index contributed by atoms with van der Waals surface area (Å²) in [6.07, 6.45) is 2.20. The summed E-state index contributed by atoms with van der Waals surface area (Å²) < 4.78 is 18.7. The summed E-state index contributed by atoms with van der Waals surface area (Å²) in [5.41, 5.74) is 9.26. The predicted molar refractivity (Wildman–Crippen MR) is 107 cm³/mol. The molecule has 0 saturated heterocycles. The Balaban J connectivity index is 2.04. The molecular weight excluding hydrogens is 327 g/mol. The molecule has 0 atom stereocenters. The van der Waals surface area contributed by atoms with Crippen LogP contribution in [0, 0.1) is 5.82 Å².